The van der Waals surface area contributed by atoms with Crippen LogP contribution in [0.4, 0.5) is 5.69 Å². The van der Waals surface area contributed by atoms with Crippen LogP contribution in [0.25, 0.3) is 0 Å². The normalized spacial score (nSPS) is 16.8. The minimum Gasteiger partial charge on any atom is -0.384 e. The van der Waals surface area contributed by atoms with E-state index >= 15 is 0 Å². The lowest BCUT2D eigenvalue weighted by Gasteiger charge is -2.36. The van der Waals surface area contributed by atoms with Gasteiger partial charge in [0.15, 0.2) is 0 Å². The van der Waals surface area contributed by atoms with Crippen LogP contribution in [0, 0.1) is 5.41 Å². The summed E-state index contributed by atoms with van der Waals surface area (Å²) >= 11 is 0. The fraction of sp³-hybridized carbons (Fsp3) is 0.538. The number of aromatic nitrogens is 1. The molecule has 1 fully saturated rings. The highest BCUT2D eigenvalue weighted by Gasteiger charge is 2.19. The first kappa shape index (κ1) is 12.8. The van der Waals surface area contributed by atoms with E-state index in [1.807, 2.05) is 12.3 Å². The number of piperazine rings is 1. The molecule has 0 bridgehead atoms. The number of nitrogens with one attached hydrogen (secondary N) is 1. The Kier molecular flexibility index (Phi) is 4.15. The summed E-state index contributed by atoms with van der Waals surface area (Å²) in [5.41, 5.74) is 7.39. The molecule has 1 aromatic heterocycles. The highest BCUT2D eigenvalue weighted by molar-refractivity contribution is 6.00. The maximum Gasteiger partial charge on any atom is 0.125 e. The zero-order chi connectivity index (χ0) is 13.0. The lowest BCUT2D eigenvalue weighted by molar-refractivity contribution is 0.258. The zero-order valence-corrected chi connectivity index (χ0v) is 10.9. The molecule has 1 aliphatic rings. The molecule has 1 saturated heterocycles. The molecule has 18 heavy (non-hydrogen) atoms. The van der Waals surface area contributed by atoms with Gasteiger partial charge in [-0.1, -0.05) is 6.92 Å². The van der Waals surface area contributed by atoms with Gasteiger partial charge in [0.1, 0.15) is 5.84 Å². The molecule has 0 aromatic carbocycles. The quantitative estimate of drug-likeness (QED) is 0.612. The molecule has 1 aromatic rings. The van der Waals surface area contributed by atoms with Gasteiger partial charge in [-0.05, 0) is 19.0 Å². The molecule has 3 N–H and O–H groups in total. The number of nitrogens with two attached hydrogens (primary N) is 1. The number of hydrogen-bond acceptors (Lipinski definition) is 4. The van der Waals surface area contributed by atoms with Gasteiger partial charge in [0.2, 0.25) is 0 Å². The molecule has 2 heterocycles. The van der Waals surface area contributed by atoms with Gasteiger partial charge in [-0.2, -0.15) is 0 Å². The van der Waals surface area contributed by atoms with Crippen molar-refractivity contribution < 1.29 is 0 Å². The Morgan fingerprint density at radius 1 is 1.39 bits per heavy atom. The summed E-state index contributed by atoms with van der Waals surface area (Å²) in [5, 5.41) is 7.61. The molecule has 0 amide bonds. The van der Waals surface area contributed by atoms with Gasteiger partial charge in [0, 0.05) is 37.9 Å². The largest absolute Gasteiger partial charge is 0.384 e. The van der Waals surface area contributed by atoms with Crippen molar-refractivity contribution in [3.05, 3.63) is 24.0 Å². The highest BCUT2D eigenvalue weighted by atomic mass is 15.3. The maximum absolute atomic E-state index is 7.61. The number of amidine groups is 1. The van der Waals surface area contributed by atoms with Crippen molar-refractivity contribution in [2.24, 2.45) is 5.73 Å². The minimum atomic E-state index is 0.114. The number of pyridine rings is 1. The topological polar surface area (TPSA) is 69.2 Å². The number of anilines is 1. The first-order chi connectivity index (χ1) is 8.72. The van der Waals surface area contributed by atoms with Crippen LogP contribution in [0.15, 0.2) is 18.5 Å². The lowest BCUT2D eigenvalue weighted by atomic mass is 10.1. The second-order valence-corrected chi connectivity index (χ2v) is 4.64. The molecule has 0 aliphatic carbocycles. The van der Waals surface area contributed by atoms with Gasteiger partial charge in [0.05, 0.1) is 11.9 Å². The fourth-order valence-corrected chi connectivity index (χ4v) is 2.39. The summed E-state index contributed by atoms with van der Waals surface area (Å²) in [6.07, 6.45) is 4.70. The minimum absolute atomic E-state index is 0.114. The van der Waals surface area contributed by atoms with E-state index in [9.17, 15) is 0 Å². The summed E-state index contributed by atoms with van der Waals surface area (Å²) in [7, 11) is 0. The van der Waals surface area contributed by atoms with E-state index in [0.29, 0.717) is 0 Å². The average Bonchev–Trinajstić information content (AvgIpc) is 2.40. The summed E-state index contributed by atoms with van der Waals surface area (Å²) in [6, 6.07) is 1.82. The molecular formula is C13H21N5. The molecule has 0 spiro atoms. The molecule has 5 nitrogen and oxygen atoms in total. The summed E-state index contributed by atoms with van der Waals surface area (Å²) in [6.45, 7) is 7.47. The number of rotatable bonds is 4. The molecule has 5 heteroatoms. The van der Waals surface area contributed by atoms with E-state index in [2.05, 4.69) is 21.7 Å². The second kappa shape index (κ2) is 5.82. The van der Waals surface area contributed by atoms with Crippen LogP contribution in [0.5, 0.6) is 0 Å². The van der Waals surface area contributed by atoms with Crippen molar-refractivity contribution in [2.75, 3.05) is 37.6 Å². The third-order valence-electron chi connectivity index (χ3n) is 3.34. The predicted molar refractivity (Wildman–Crippen MR) is 74.2 cm³/mol. The molecular weight excluding hydrogens is 226 g/mol. The Morgan fingerprint density at radius 3 is 2.72 bits per heavy atom. The molecule has 0 radical (unpaired) electrons. The van der Waals surface area contributed by atoms with Crippen LogP contribution in [-0.2, 0) is 0 Å². The van der Waals surface area contributed by atoms with E-state index < -0.39 is 0 Å². The van der Waals surface area contributed by atoms with Crippen LogP contribution in [-0.4, -0.2) is 48.4 Å². The number of nitrogen functional groups attached to an aromatic ring is 1. The van der Waals surface area contributed by atoms with Crippen molar-refractivity contribution in [1.82, 2.24) is 9.88 Å². The van der Waals surface area contributed by atoms with Gasteiger partial charge in [-0.3, -0.25) is 15.3 Å². The summed E-state index contributed by atoms with van der Waals surface area (Å²) in [5.74, 6) is 0.114. The molecule has 98 valence electrons. The smallest absolute Gasteiger partial charge is 0.125 e. The third-order valence-corrected chi connectivity index (χ3v) is 3.34. The van der Waals surface area contributed by atoms with Gasteiger partial charge in [0.25, 0.3) is 0 Å². The second-order valence-electron chi connectivity index (χ2n) is 4.64. The maximum atomic E-state index is 7.61. The predicted octanol–water partition coefficient (Wildman–Crippen LogP) is 0.898. The van der Waals surface area contributed by atoms with Crippen LogP contribution in [0.2, 0.25) is 0 Å². The summed E-state index contributed by atoms with van der Waals surface area (Å²) in [4.78, 5) is 8.90. The van der Waals surface area contributed by atoms with Gasteiger partial charge in [-0.15, -0.1) is 0 Å². The average molecular weight is 247 g/mol. The fourth-order valence-electron chi connectivity index (χ4n) is 2.39. The first-order valence-electron chi connectivity index (χ1n) is 6.48. The Balaban J connectivity index is 2.07. The van der Waals surface area contributed by atoms with Crippen molar-refractivity contribution in [3.63, 3.8) is 0 Å². The van der Waals surface area contributed by atoms with Crippen LogP contribution >= 0.6 is 0 Å². The van der Waals surface area contributed by atoms with Crippen LogP contribution in [0.1, 0.15) is 18.9 Å². The van der Waals surface area contributed by atoms with Gasteiger partial charge < -0.3 is 10.6 Å². The molecule has 1 aliphatic heterocycles. The van der Waals surface area contributed by atoms with E-state index in [4.69, 9.17) is 11.1 Å². The first-order valence-corrected chi connectivity index (χ1v) is 6.48. The van der Waals surface area contributed by atoms with Crippen molar-refractivity contribution in [2.45, 2.75) is 13.3 Å². The molecule has 0 saturated carbocycles. The van der Waals surface area contributed by atoms with Gasteiger partial charge in [-0.25, -0.2) is 0 Å². The molecule has 0 unspecified atom stereocenters. The Bertz CT molecular complexity index is 410. The van der Waals surface area contributed by atoms with Crippen molar-refractivity contribution >= 4 is 11.5 Å². The molecule has 0 atom stereocenters. The number of hydrogen-bond donors (Lipinski definition) is 2. The summed E-state index contributed by atoms with van der Waals surface area (Å²) < 4.78 is 0. The molecule has 2 rings (SSSR count). The van der Waals surface area contributed by atoms with Gasteiger partial charge >= 0.3 is 0 Å². The Labute approximate surface area is 108 Å². The monoisotopic (exact) mass is 247 g/mol. The van der Waals surface area contributed by atoms with E-state index in [-0.39, 0.29) is 5.84 Å². The van der Waals surface area contributed by atoms with E-state index in [1.54, 1.807) is 6.20 Å². The van der Waals surface area contributed by atoms with Crippen molar-refractivity contribution in [3.8, 4) is 0 Å². The van der Waals surface area contributed by atoms with Crippen molar-refractivity contribution in [1.29, 1.82) is 5.41 Å². The highest BCUT2D eigenvalue weighted by Crippen LogP contribution is 2.20. The lowest BCUT2D eigenvalue weighted by Crippen LogP contribution is -2.47. The Hall–Kier alpha value is -1.62. The standard InChI is InChI=1S/C13H21N5/c1-2-5-17-6-8-18(9-7-17)12-10-16-4-3-11(12)13(14)15/h3-4,10H,2,5-9H2,1H3,(H3,14,15). The van der Waals surface area contributed by atoms with E-state index in [1.165, 1.54) is 13.0 Å². The number of nitrogens with zero attached hydrogens (tertiary/aromatic N) is 3. The van der Waals surface area contributed by atoms with E-state index in [0.717, 1.165) is 37.4 Å². The van der Waals surface area contributed by atoms with Crippen LogP contribution < -0.4 is 10.6 Å². The third kappa shape index (κ3) is 2.79. The SMILES string of the molecule is CCCN1CCN(c2cnccc2C(=N)N)CC1. The van der Waals surface area contributed by atoms with Crippen LogP contribution in [0.3, 0.4) is 0 Å². The zero-order valence-electron chi connectivity index (χ0n) is 10.9. The Morgan fingerprint density at radius 2 is 2.11 bits per heavy atom.